The van der Waals surface area contributed by atoms with Gasteiger partial charge in [-0.3, -0.25) is 5.10 Å². The predicted octanol–water partition coefficient (Wildman–Crippen LogP) is 0.983. The molecule has 0 saturated heterocycles. The quantitative estimate of drug-likeness (QED) is 0.688. The lowest BCUT2D eigenvalue weighted by atomic mass is 10.4. The Balaban J connectivity index is 2.08. The van der Waals surface area contributed by atoms with Crippen LogP contribution in [0.4, 0.5) is 5.95 Å². The molecule has 0 unspecified atom stereocenters. The van der Waals surface area contributed by atoms with Crippen LogP contribution in [0.25, 0.3) is 11.0 Å². The highest BCUT2D eigenvalue weighted by atomic mass is 32.2. The van der Waals surface area contributed by atoms with Gasteiger partial charge in [0.25, 0.3) is 0 Å². The molecular weight excluding hydrogens is 264 g/mol. The van der Waals surface area contributed by atoms with E-state index in [2.05, 4.69) is 35.7 Å². The Bertz CT molecular complexity index is 730. The van der Waals surface area contributed by atoms with Gasteiger partial charge in [0.15, 0.2) is 10.8 Å². The number of hydrogen-bond donors (Lipinski definition) is 2. The van der Waals surface area contributed by atoms with Crippen molar-refractivity contribution < 1.29 is 0 Å². The monoisotopic (exact) mass is 276 g/mol. The number of anilines is 1. The zero-order valence-electron chi connectivity index (χ0n) is 10.7. The molecule has 2 N–H and O–H groups in total. The zero-order chi connectivity index (χ0) is 13.4. The van der Waals surface area contributed by atoms with Crippen molar-refractivity contribution in [3.8, 4) is 0 Å². The molecule has 0 bridgehead atoms. The van der Waals surface area contributed by atoms with Crippen LogP contribution < -0.4 is 5.32 Å². The van der Waals surface area contributed by atoms with E-state index in [1.807, 2.05) is 18.5 Å². The maximum atomic E-state index is 4.44. The van der Waals surface area contributed by atoms with Crippen LogP contribution in [-0.2, 0) is 7.05 Å². The van der Waals surface area contributed by atoms with E-state index in [1.54, 1.807) is 13.2 Å². The molecule has 0 aromatic carbocycles. The third kappa shape index (κ3) is 2.01. The van der Waals surface area contributed by atoms with E-state index in [-0.39, 0.29) is 0 Å². The lowest BCUT2D eigenvalue weighted by Gasteiger charge is -2.04. The Morgan fingerprint density at radius 1 is 1.32 bits per heavy atom. The average molecular weight is 276 g/mol. The molecule has 8 nitrogen and oxygen atoms in total. The maximum Gasteiger partial charge on any atom is 0.225 e. The van der Waals surface area contributed by atoms with Crippen molar-refractivity contribution in [2.45, 2.75) is 17.1 Å². The van der Waals surface area contributed by atoms with Gasteiger partial charge >= 0.3 is 0 Å². The minimum Gasteiger partial charge on any atom is -0.357 e. The van der Waals surface area contributed by atoms with Crippen LogP contribution in [0.1, 0.15) is 5.82 Å². The second-order valence-corrected chi connectivity index (χ2v) is 4.88. The fourth-order valence-electron chi connectivity index (χ4n) is 1.56. The van der Waals surface area contributed by atoms with Gasteiger partial charge in [0, 0.05) is 14.1 Å². The third-order valence-electron chi connectivity index (χ3n) is 2.74. The summed E-state index contributed by atoms with van der Waals surface area (Å²) >= 11 is 1.44. The van der Waals surface area contributed by atoms with Crippen LogP contribution in [0, 0.1) is 6.92 Å². The lowest BCUT2D eigenvalue weighted by Crippen LogP contribution is -1.99. The standard InChI is InChI=1S/C10H12N8S/c1-5-15-17-10(18(5)3)19-8-6-4-12-16-7(6)13-9(11-2)14-8/h4H,1-3H3,(H2,11,12,13,14,16). The minimum absolute atomic E-state index is 0.540. The number of aromatic nitrogens is 7. The summed E-state index contributed by atoms with van der Waals surface area (Å²) in [5.41, 5.74) is 0.695. The molecule has 0 fully saturated rings. The molecule has 0 saturated carbocycles. The van der Waals surface area contributed by atoms with Crippen LogP contribution >= 0.6 is 11.8 Å². The molecule has 3 aromatic rings. The summed E-state index contributed by atoms with van der Waals surface area (Å²) in [6, 6.07) is 0. The van der Waals surface area contributed by atoms with E-state index >= 15 is 0 Å². The topological polar surface area (TPSA) is 97.2 Å². The number of aryl methyl sites for hydroxylation is 1. The summed E-state index contributed by atoms with van der Waals surface area (Å²) in [5.74, 6) is 1.40. The molecule has 0 radical (unpaired) electrons. The Labute approximate surface area is 113 Å². The van der Waals surface area contributed by atoms with E-state index < -0.39 is 0 Å². The Morgan fingerprint density at radius 2 is 2.16 bits per heavy atom. The smallest absolute Gasteiger partial charge is 0.225 e. The first kappa shape index (κ1) is 11.9. The van der Waals surface area contributed by atoms with Crippen molar-refractivity contribution in [3.63, 3.8) is 0 Å². The molecule has 0 atom stereocenters. The molecule has 98 valence electrons. The van der Waals surface area contributed by atoms with Gasteiger partial charge in [-0.15, -0.1) is 10.2 Å². The Hall–Kier alpha value is -2.16. The highest BCUT2D eigenvalue weighted by Gasteiger charge is 2.14. The number of aromatic amines is 1. The van der Waals surface area contributed by atoms with Gasteiger partial charge in [-0.25, -0.2) is 4.98 Å². The fourth-order valence-corrected chi connectivity index (χ4v) is 2.48. The average Bonchev–Trinajstić information content (AvgIpc) is 3.00. The first-order valence-corrected chi connectivity index (χ1v) is 6.43. The van der Waals surface area contributed by atoms with Crippen molar-refractivity contribution in [2.75, 3.05) is 12.4 Å². The van der Waals surface area contributed by atoms with Crippen molar-refractivity contribution >= 4 is 28.7 Å². The van der Waals surface area contributed by atoms with E-state index in [9.17, 15) is 0 Å². The Morgan fingerprint density at radius 3 is 2.84 bits per heavy atom. The van der Waals surface area contributed by atoms with Gasteiger partial charge in [0.05, 0.1) is 11.6 Å². The summed E-state index contributed by atoms with van der Waals surface area (Å²) in [6.07, 6.45) is 1.71. The summed E-state index contributed by atoms with van der Waals surface area (Å²) in [5, 5.41) is 20.4. The summed E-state index contributed by atoms with van der Waals surface area (Å²) in [4.78, 5) is 8.72. The second kappa shape index (κ2) is 4.50. The Kier molecular flexibility index (Phi) is 2.82. The summed E-state index contributed by atoms with van der Waals surface area (Å²) in [7, 11) is 3.70. The first-order valence-electron chi connectivity index (χ1n) is 5.61. The number of hydrogen-bond acceptors (Lipinski definition) is 7. The van der Waals surface area contributed by atoms with Crippen LogP contribution in [0.2, 0.25) is 0 Å². The first-order chi connectivity index (χ1) is 9.19. The lowest BCUT2D eigenvalue weighted by molar-refractivity contribution is 0.765. The highest BCUT2D eigenvalue weighted by molar-refractivity contribution is 7.99. The highest BCUT2D eigenvalue weighted by Crippen LogP contribution is 2.30. The van der Waals surface area contributed by atoms with Crippen LogP contribution in [0.3, 0.4) is 0 Å². The summed E-state index contributed by atoms with van der Waals surface area (Å²) < 4.78 is 1.91. The van der Waals surface area contributed by atoms with Crippen LogP contribution in [0.5, 0.6) is 0 Å². The molecule has 0 aliphatic heterocycles. The van der Waals surface area contributed by atoms with Gasteiger partial charge in [-0.2, -0.15) is 10.1 Å². The van der Waals surface area contributed by atoms with Crippen molar-refractivity contribution in [1.82, 2.24) is 34.9 Å². The molecule has 0 spiro atoms. The number of nitrogens with one attached hydrogen (secondary N) is 2. The van der Waals surface area contributed by atoms with Gasteiger partial charge in [0.2, 0.25) is 5.95 Å². The minimum atomic E-state index is 0.540. The third-order valence-corrected chi connectivity index (χ3v) is 3.78. The molecule has 0 aliphatic rings. The molecule has 3 aromatic heterocycles. The van der Waals surface area contributed by atoms with Crippen molar-refractivity contribution in [2.24, 2.45) is 7.05 Å². The second-order valence-electron chi connectivity index (χ2n) is 3.93. The molecular formula is C10H12N8S. The van der Waals surface area contributed by atoms with E-state index in [0.717, 1.165) is 21.4 Å². The van der Waals surface area contributed by atoms with Gasteiger partial charge in [0.1, 0.15) is 10.9 Å². The zero-order valence-corrected chi connectivity index (χ0v) is 11.5. The molecule has 19 heavy (non-hydrogen) atoms. The molecule has 0 amide bonds. The van der Waals surface area contributed by atoms with Crippen molar-refractivity contribution in [3.05, 3.63) is 12.0 Å². The van der Waals surface area contributed by atoms with E-state index in [1.165, 1.54) is 11.8 Å². The SMILES string of the molecule is CNc1nc(Sc2nnc(C)n2C)c2cn[nH]c2n1. The largest absolute Gasteiger partial charge is 0.357 e. The normalized spacial score (nSPS) is 11.1. The van der Waals surface area contributed by atoms with Gasteiger partial charge < -0.3 is 9.88 Å². The van der Waals surface area contributed by atoms with Gasteiger partial charge in [-0.05, 0) is 18.7 Å². The van der Waals surface area contributed by atoms with Crippen LogP contribution in [-0.4, -0.2) is 42.0 Å². The number of rotatable bonds is 3. The van der Waals surface area contributed by atoms with Crippen molar-refractivity contribution in [1.29, 1.82) is 0 Å². The number of fused-ring (bicyclic) bond motifs is 1. The van der Waals surface area contributed by atoms with Gasteiger partial charge in [-0.1, -0.05) is 0 Å². The number of H-pyrrole nitrogens is 1. The predicted molar refractivity (Wildman–Crippen MR) is 71.1 cm³/mol. The fraction of sp³-hybridized carbons (Fsp3) is 0.300. The number of nitrogens with zero attached hydrogens (tertiary/aromatic N) is 6. The molecule has 3 heterocycles. The summed E-state index contributed by atoms with van der Waals surface area (Å²) in [6.45, 7) is 1.91. The van der Waals surface area contributed by atoms with E-state index in [0.29, 0.717) is 11.6 Å². The molecule has 9 heteroatoms. The maximum absolute atomic E-state index is 4.44. The van der Waals surface area contributed by atoms with E-state index in [4.69, 9.17) is 0 Å². The molecule has 0 aliphatic carbocycles. The molecule has 3 rings (SSSR count). The van der Waals surface area contributed by atoms with Crippen LogP contribution in [0.15, 0.2) is 16.4 Å².